The Hall–Kier alpha value is -0.380. The second-order valence-electron chi connectivity index (χ2n) is 6.39. The highest BCUT2D eigenvalue weighted by molar-refractivity contribution is 8.24. The Balaban J connectivity index is 1.62. The fourth-order valence-corrected chi connectivity index (χ4v) is 10.6. The van der Waals surface area contributed by atoms with Gasteiger partial charge in [0, 0.05) is 21.3 Å². The van der Waals surface area contributed by atoms with Gasteiger partial charge in [-0.2, -0.15) is 0 Å². The third kappa shape index (κ3) is 6.33. The molecule has 0 bridgehead atoms. The van der Waals surface area contributed by atoms with Gasteiger partial charge in [-0.05, 0) is 46.9 Å². The molecule has 2 heterocycles. The predicted molar refractivity (Wildman–Crippen MR) is 143 cm³/mol. The molecule has 3 rings (SSSR count). The highest BCUT2D eigenvalue weighted by Gasteiger charge is 2.28. The number of carbonyl (C=O) groups excluding carboxylic acids is 2. The smallest absolute Gasteiger partial charge is 0.211 e. The van der Waals surface area contributed by atoms with Crippen LogP contribution in [-0.4, -0.2) is 21.7 Å². The van der Waals surface area contributed by atoms with Crippen LogP contribution in [0.4, 0.5) is 0 Å². The van der Waals surface area contributed by atoms with E-state index >= 15 is 0 Å². The zero-order valence-corrected chi connectivity index (χ0v) is 21.6. The summed E-state index contributed by atoms with van der Waals surface area (Å²) in [6.07, 6.45) is 2.75. The van der Waals surface area contributed by atoms with Crippen LogP contribution in [0, 0.1) is 0 Å². The van der Waals surface area contributed by atoms with Crippen molar-refractivity contribution in [2.24, 2.45) is 0 Å². The van der Waals surface area contributed by atoms with E-state index < -0.39 is 0 Å². The van der Waals surface area contributed by atoms with Gasteiger partial charge in [0.2, 0.25) is 10.2 Å². The van der Waals surface area contributed by atoms with E-state index in [1.54, 1.807) is 0 Å². The largest absolute Gasteiger partial charge is 0.282 e. The molecule has 8 heteroatoms. The van der Waals surface area contributed by atoms with Crippen LogP contribution < -0.4 is 0 Å². The quantitative estimate of drug-likeness (QED) is 0.325. The minimum atomic E-state index is 0.0215. The van der Waals surface area contributed by atoms with Crippen LogP contribution in [0.5, 0.6) is 0 Å². The molecule has 0 aliphatic carbocycles. The predicted octanol–water partition coefficient (Wildman–Crippen LogP) is 8.00. The van der Waals surface area contributed by atoms with Gasteiger partial charge < -0.3 is 0 Å². The number of rotatable bonds is 8. The monoisotopic (exact) mass is 510 g/mol. The molecule has 0 amide bonds. The minimum absolute atomic E-state index is 0.0215. The fraction of sp³-hybridized carbons (Fsp3) is 0.273. The van der Waals surface area contributed by atoms with Crippen LogP contribution in [0.1, 0.15) is 34.1 Å². The second-order valence-corrected chi connectivity index (χ2v) is 14.0. The van der Waals surface area contributed by atoms with Gasteiger partial charge in [-0.25, -0.2) is 0 Å². The average molecular weight is 511 g/mol. The Bertz CT molecular complexity index is 862. The van der Waals surface area contributed by atoms with E-state index in [9.17, 15) is 9.59 Å². The number of benzene rings is 1. The first kappa shape index (κ1) is 24.3. The zero-order valence-electron chi connectivity index (χ0n) is 16.7. The molecule has 0 fully saturated rings. The van der Waals surface area contributed by atoms with Crippen LogP contribution in [0.25, 0.3) is 0 Å². The van der Waals surface area contributed by atoms with E-state index in [4.69, 9.17) is 0 Å². The molecule has 2 aliphatic heterocycles. The summed E-state index contributed by atoms with van der Waals surface area (Å²) < 4.78 is 0.648. The van der Waals surface area contributed by atoms with Gasteiger partial charge in [-0.1, -0.05) is 60.9 Å². The van der Waals surface area contributed by atoms with Crippen molar-refractivity contribution in [1.29, 1.82) is 0 Å². The molecule has 0 saturated carbocycles. The van der Waals surface area contributed by atoms with Crippen LogP contribution >= 0.6 is 70.6 Å². The maximum Gasteiger partial charge on any atom is 0.211 e. The summed E-state index contributed by atoms with van der Waals surface area (Å²) in [5.74, 6) is 1.43. The van der Waals surface area contributed by atoms with Gasteiger partial charge in [0.25, 0.3) is 0 Å². The summed E-state index contributed by atoms with van der Waals surface area (Å²) in [4.78, 5) is 28.3. The summed E-state index contributed by atoms with van der Waals surface area (Å²) in [7, 11) is 0. The summed E-state index contributed by atoms with van der Waals surface area (Å²) in [5.41, 5.74) is 2.61. The Morgan fingerprint density at radius 1 is 0.867 bits per heavy atom. The van der Waals surface area contributed by atoms with Crippen molar-refractivity contribution in [3.05, 3.63) is 80.3 Å². The van der Waals surface area contributed by atoms with Gasteiger partial charge in [0.15, 0.2) is 0 Å². The van der Waals surface area contributed by atoms with Gasteiger partial charge in [0.05, 0.1) is 9.16 Å². The minimum Gasteiger partial charge on any atom is -0.282 e. The highest BCUT2D eigenvalue weighted by atomic mass is 32.2. The van der Waals surface area contributed by atoms with Crippen molar-refractivity contribution in [2.75, 3.05) is 11.5 Å². The molecule has 2 nitrogen and oxygen atoms in total. The number of thioether (sulfide) groups is 6. The van der Waals surface area contributed by atoms with Gasteiger partial charge >= 0.3 is 0 Å². The number of carbonyl (C=O) groups is 2. The van der Waals surface area contributed by atoms with E-state index in [2.05, 4.69) is 51.3 Å². The summed E-state index contributed by atoms with van der Waals surface area (Å²) in [6.45, 7) is 11.4. The number of allylic oxidation sites excluding steroid dienone is 2. The van der Waals surface area contributed by atoms with Crippen molar-refractivity contribution in [3.8, 4) is 0 Å². The van der Waals surface area contributed by atoms with Crippen molar-refractivity contribution >= 4 is 80.8 Å². The molecule has 1 aromatic carbocycles. The topological polar surface area (TPSA) is 34.1 Å². The molecule has 1 aromatic rings. The van der Waals surface area contributed by atoms with Gasteiger partial charge in [-0.15, -0.1) is 47.0 Å². The van der Waals surface area contributed by atoms with Crippen LogP contribution in [-0.2, 0) is 9.59 Å². The molecule has 30 heavy (non-hydrogen) atoms. The molecule has 0 radical (unpaired) electrons. The van der Waals surface area contributed by atoms with Crippen LogP contribution in [0.15, 0.2) is 69.2 Å². The lowest BCUT2D eigenvalue weighted by molar-refractivity contribution is -0.107. The fourth-order valence-electron chi connectivity index (χ4n) is 2.71. The SMILES string of the molecule is C=CC(=O)SCC1=C(C)SC(c2cccc(C3SC(C)=C(CSC(=O)C=C)S3)c2)S1. The maximum atomic E-state index is 11.5. The molecule has 0 N–H and O–H groups in total. The Kier molecular flexibility index (Phi) is 9.28. The lowest BCUT2D eigenvalue weighted by Crippen LogP contribution is -1.92. The maximum absolute atomic E-state index is 11.5. The first-order chi connectivity index (χ1) is 14.4. The molecule has 2 atom stereocenters. The standard InChI is InChI=1S/C22H22O2S6/c1-5-19(23)25-11-17-13(3)27-21(29-17)15-8-7-9-16(10-15)22-28-14(4)18(30-22)12-26-20(24)6-2/h5-10,21-22H,1-2,11-12H2,3-4H3. The molecule has 0 spiro atoms. The molecular formula is C22H22O2S6. The third-order valence-corrected chi connectivity index (χ3v) is 12.5. The first-order valence-electron chi connectivity index (χ1n) is 9.15. The van der Waals surface area contributed by atoms with Crippen LogP contribution in [0.2, 0.25) is 0 Å². The first-order valence-corrected chi connectivity index (χ1v) is 14.6. The average Bonchev–Trinajstić information content (AvgIpc) is 3.32. The van der Waals surface area contributed by atoms with Crippen molar-refractivity contribution in [3.63, 3.8) is 0 Å². The molecule has 0 saturated heterocycles. The van der Waals surface area contributed by atoms with Gasteiger partial charge in [0.1, 0.15) is 0 Å². The van der Waals surface area contributed by atoms with Crippen molar-refractivity contribution in [1.82, 2.24) is 0 Å². The Morgan fingerprint density at radius 2 is 1.30 bits per heavy atom. The van der Waals surface area contributed by atoms with E-state index in [0.29, 0.717) is 20.7 Å². The second kappa shape index (κ2) is 11.5. The Labute approximate surface area is 204 Å². The summed E-state index contributed by atoms with van der Waals surface area (Å²) in [5, 5.41) is 0.0431. The van der Waals surface area contributed by atoms with Crippen molar-refractivity contribution in [2.45, 2.75) is 23.0 Å². The third-order valence-electron chi connectivity index (χ3n) is 4.33. The molecule has 2 aliphatic rings. The van der Waals surface area contributed by atoms with E-state index in [1.165, 1.54) is 66.4 Å². The molecule has 2 unspecified atom stereocenters. The summed E-state index contributed by atoms with van der Waals surface area (Å²) in [6, 6.07) is 8.83. The molecule has 0 aromatic heterocycles. The zero-order chi connectivity index (χ0) is 21.7. The lowest BCUT2D eigenvalue weighted by atomic mass is 10.1. The van der Waals surface area contributed by atoms with Crippen LogP contribution in [0.3, 0.4) is 0 Å². The number of hydrogen-bond acceptors (Lipinski definition) is 8. The molecular weight excluding hydrogens is 489 g/mol. The Morgan fingerprint density at radius 3 is 1.70 bits per heavy atom. The molecule has 158 valence electrons. The highest BCUT2D eigenvalue weighted by Crippen LogP contribution is 2.58. The summed E-state index contributed by atoms with van der Waals surface area (Å²) >= 11 is 10.1. The number of hydrogen-bond donors (Lipinski definition) is 0. The van der Waals surface area contributed by atoms with Crippen molar-refractivity contribution < 1.29 is 9.59 Å². The lowest BCUT2D eigenvalue weighted by Gasteiger charge is -2.15. The van der Waals surface area contributed by atoms with E-state index in [1.807, 2.05) is 47.0 Å². The van der Waals surface area contributed by atoms with Gasteiger partial charge in [-0.3, -0.25) is 9.59 Å². The van der Waals surface area contributed by atoms with E-state index in [0.717, 1.165) is 0 Å². The van der Waals surface area contributed by atoms with E-state index in [-0.39, 0.29) is 10.2 Å². The normalized spacial score (nSPS) is 21.3.